The second-order valence-corrected chi connectivity index (χ2v) is 23.2. The molecule has 486 valence electrons. The molecule has 0 aliphatic carbocycles. The van der Waals surface area contributed by atoms with E-state index in [0.717, 1.165) is 148 Å². The summed E-state index contributed by atoms with van der Waals surface area (Å²) in [7, 11) is 0. The first-order valence-corrected chi connectivity index (χ1v) is 34.3. The van der Waals surface area contributed by atoms with Crippen LogP contribution in [0, 0.1) is 0 Å². The molecule has 0 radical (unpaired) electrons. The molecule has 8 atom stereocenters. The number of allylic oxidation sites excluding steroid dienone is 19. The molecule has 0 bridgehead atoms. The Balaban J connectivity index is 2.66. The molecule has 0 aromatic heterocycles. The van der Waals surface area contributed by atoms with E-state index in [1.165, 1.54) is 77.0 Å². The van der Waals surface area contributed by atoms with E-state index in [-0.39, 0.29) is 19.4 Å². The monoisotopic (exact) mass is 1190 g/mol. The van der Waals surface area contributed by atoms with Gasteiger partial charge in [0.15, 0.2) is 12.4 Å². The van der Waals surface area contributed by atoms with Gasteiger partial charge in [0.25, 0.3) is 0 Å². The lowest BCUT2D eigenvalue weighted by Gasteiger charge is -2.41. The number of hydrogen-bond donors (Lipinski definition) is 6. The zero-order valence-electron chi connectivity index (χ0n) is 53.9. The molecule has 1 heterocycles. The van der Waals surface area contributed by atoms with Crippen molar-refractivity contribution in [3.8, 4) is 0 Å². The quantitative estimate of drug-likeness (QED) is 0.0195. The Morgan fingerprint density at radius 1 is 0.471 bits per heavy atom. The van der Waals surface area contributed by atoms with Crippen LogP contribution < -0.4 is 5.32 Å². The summed E-state index contributed by atoms with van der Waals surface area (Å²) in [5, 5.41) is 57.2. The van der Waals surface area contributed by atoms with Gasteiger partial charge in [-0.3, -0.25) is 9.59 Å². The highest BCUT2D eigenvalue weighted by Gasteiger charge is 2.47. The Kier molecular flexibility index (Phi) is 56.1. The number of carbonyl (C=O) groups is 2. The number of nitrogens with one attached hydrogen (secondary N) is 1. The van der Waals surface area contributed by atoms with Gasteiger partial charge < -0.3 is 45.1 Å². The van der Waals surface area contributed by atoms with Crippen molar-refractivity contribution in [3.05, 3.63) is 122 Å². The first-order valence-electron chi connectivity index (χ1n) is 34.3. The van der Waals surface area contributed by atoms with Crippen LogP contribution in [-0.4, -0.2) is 99.6 Å². The molecular formula is C74H125NO10. The summed E-state index contributed by atoms with van der Waals surface area (Å²) in [6, 6.07) is -1.04. The minimum absolute atomic E-state index is 0.0949. The van der Waals surface area contributed by atoms with Crippen molar-refractivity contribution in [3.63, 3.8) is 0 Å². The number of ether oxygens (including phenoxy) is 3. The van der Waals surface area contributed by atoms with Crippen LogP contribution in [0.5, 0.6) is 0 Å². The average Bonchev–Trinajstić information content (AvgIpc) is 3.19. The third-order valence-electron chi connectivity index (χ3n) is 15.3. The summed E-state index contributed by atoms with van der Waals surface area (Å²) in [5.41, 5.74) is 0. The Hall–Kier alpha value is -3.94. The van der Waals surface area contributed by atoms with Crippen LogP contribution in [0.2, 0.25) is 0 Å². The van der Waals surface area contributed by atoms with E-state index < -0.39 is 67.4 Å². The molecule has 11 heteroatoms. The Bertz CT molecular complexity index is 1850. The van der Waals surface area contributed by atoms with E-state index in [9.17, 15) is 35.1 Å². The number of rotatable bonds is 57. The lowest BCUT2D eigenvalue weighted by molar-refractivity contribution is -0.305. The Morgan fingerprint density at radius 2 is 0.847 bits per heavy atom. The average molecular weight is 1190 g/mol. The molecule has 0 saturated carbocycles. The Labute approximate surface area is 519 Å². The van der Waals surface area contributed by atoms with Crippen LogP contribution >= 0.6 is 0 Å². The van der Waals surface area contributed by atoms with E-state index in [1.807, 2.05) is 6.08 Å². The number of aliphatic hydroxyl groups is 5. The first kappa shape index (κ1) is 79.1. The van der Waals surface area contributed by atoms with Gasteiger partial charge >= 0.3 is 5.97 Å². The SMILES string of the molecule is CC/C=C\C/C=C\C/C=C\C/C=C\C/C=C\CCCCCCCCC(O)C(=O)NC(COC1OC(CO)C(O)C(O)C1OC(=O)CCCCCCC/C=C\C/C=C\C/C=C\C/C=C\CCCCC)C(O)/C=C/CCCCCCCCCCCCC. The van der Waals surface area contributed by atoms with Gasteiger partial charge in [-0.1, -0.05) is 271 Å². The van der Waals surface area contributed by atoms with E-state index >= 15 is 0 Å². The van der Waals surface area contributed by atoms with Gasteiger partial charge in [0.1, 0.15) is 24.4 Å². The maximum atomic E-state index is 13.5. The van der Waals surface area contributed by atoms with Crippen LogP contribution in [0.3, 0.4) is 0 Å². The standard InChI is InChI=1S/C74H125NO10/c1-4-7-10-13-16-19-22-25-27-29-31-33-35-36-38-40-43-46-49-52-55-58-61-67(78)73(82)75-65(66(77)60-57-54-51-48-45-42-24-21-18-15-12-9-6-3)64-83-74-72(71(81)70(80)68(63-76)84-74)85-69(79)62-59-56-53-50-47-44-41-39-37-34-32-30-28-26-23-20-17-14-11-8-5-2/h7,10,16-17,19-20,25-28,31-34,36,38-39,41,57,60,65-68,70-72,74,76-78,80-81H,4-6,8-9,11-15,18,21-24,29-30,35,37,40,42-56,58-59,61-64H2,1-3H3,(H,75,82)/b10-7-,19-16-,20-17-,27-25-,28-26-,33-31-,34-32-,38-36-,41-39-,60-57+. The zero-order chi connectivity index (χ0) is 61.7. The fraction of sp³-hybridized carbons (Fsp3) is 0.703. The van der Waals surface area contributed by atoms with Gasteiger partial charge in [0.05, 0.1) is 25.4 Å². The van der Waals surface area contributed by atoms with Gasteiger partial charge in [-0.05, 0) is 116 Å². The van der Waals surface area contributed by atoms with Crippen LogP contribution in [0.1, 0.15) is 271 Å². The highest BCUT2D eigenvalue weighted by molar-refractivity contribution is 5.80. The smallest absolute Gasteiger partial charge is 0.306 e. The van der Waals surface area contributed by atoms with Crippen LogP contribution in [0.25, 0.3) is 0 Å². The number of hydrogen-bond acceptors (Lipinski definition) is 10. The van der Waals surface area contributed by atoms with Crippen LogP contribution in [0.4, 0.5) is 0 Å². The first-order chi connectivity index (χ1) is 41.7. The van der Waals surface area contributed by atoms with E-state index in [0.29, 0.717) is 12.8 Å². The third kappa shape index (κ3) is 47.8. The molecule has 1 rings (SSSR count). The predicted molar refractivity (Wildman–Crippen MR) is 356 cm³/mol. The van der Waals surface area contributed by atoms with E-state index in [1.54, 1.807) is 6.08 Å². The summed E-state index contributed by atoms with van der Waals surface area (Å²) in [6.45, 7) is 5.64. The predicted octanol–water partition coefficient (Wildman–Crippen LogP) is 17.4. The molecule has 0 spiro atoms. The van der Waals surface area contributed by atoms with Crippen molar-refractivity contribution in [2.45, 2.75) is 320 Å². The maximum absolute atomic E-state index is 13.5. The van der Waals surface area contributed by atoms with Crippen molar-refractivity contribution in [1.82, 2.24) is 5.32 Å². The van der Waals surface area contributed by atoms with Crippen molar-refractivity contribution in [1.29, 1.82) is 0 Å². The molecular weight excluding hydrogens is 1060 g/mol. The normalized spacial score (nSPS) is 19.2. The summed E-state index contributed by atoms with van der Waals surface area (Å²) in [4.78, 5) is 26.7. The van der Waals surface area contributed by atoms with Gasteiger partial charge in [0.2, 0.25) is 5.91 Å². The number of amides is 1. The minimum atomic E-state index is -1.63. The molecule has 1 aliphatic rings. The van der Waals surface area contributed by atoms with Gasteiger partial charge in [-0.25, -0.2) is 0 Å². The maximum Gasteiger partial charge on any atom is 0.306 e. The minimum Gasteiger partial charge on any atom is -0.454 e. The molecule has 85 heavy (non-hydrogen) atoms. The second-order valence-electron chi connectivity index (χ2n) is 23.2. The molecule has 11 nitrogen and oxygen atoms in total. The molecule has 0 aromatic rings. The summed E-state index contributed by atoms with van der Waals surface area (Å²) in [5.74, 6) is -1.23. The molecule has 1 fully saturated rings. The molecule has 1 amide bonds. The third-order valence-corrected chi connectivity index (χ3v) is 15.3. The lowest BCUT2D eigenvalue weighted by atomic mass is 9.99. The van der Waals surface area contributed by atoms with Crippen LogP contribution in [-0.2, 0) is 23.8 Å². The van der Waals surface area contributed by atoms with Crippen molar-refractivity contribution < 1.29 is 49.3 Å². The largest absolute Gasteiger partial charge is 0.454 e. The van der Waals surface area contributed by atoms with Gasteiger partial charge in [-0.15, -0.1) is 0 Å². The second kappa shape index (κ2) is 60.3. The number of unbranched alkanes of at least 4 members (excludes halogenated alkanes) is 25. The molecule has 0 aromatic carbocycles. The van der Waals surface area contributed by atoms with Gasteiger partial charge in [0, 0.05) is 6.42 Å². The van der Waals surface area contributed by atoms with E-state index in [4.69, 9.17) is 14.2 Å². The zero-order valence-corrected chi connectivity index (χ0v) is 53.9. The number of carbonyl (C=O) groups excluding carboxylic acids is 2. The molecule has 1 aliphatic heterocycles. The van der Waals surface area contributed by atoms with Crippen molar-refractivity contribution in [2.24, 2.45) is 0 Å². The fourth-order valence-corrected chi connectivity index (χ4v) is 9.96. The highest BCUT2D eigenvalue weighted by atomic mass is 16.7. The number of aliphatic hydroxyl groups excluding tert-OH is 5. The fourth-order valence-electron chi connectivity index (χ4n) is 9.96. The summed E-state index contributed by atoms with van der Waals surface area (Å²) >= 11 is 0. The summed E-state index contributed by atoms with van der Waals surface area (Å²) in [6.07, 6.45) is 73.6. The van der Waals surface area contributed by atoms with Gasteiger partial charge in [-0.2, -0.15) is 0 Å². The van der Waals surface area contributed by atoms with Crippen molar-refractivity contribution >= 4 is 11.9 Å². The lowest BCUT2D eigenvalue weighted by Crippen LogP contribution is -2.61. The van der Waals surface area contributed by atoms with Crippen LogP contribution in [0.15, 0.2) is 122 Å². The Morgan fingerprint density at radius 3 is 1.29 bits per heavy atom. The van der Waals surface area contributed by atoms with Crippen molar-refractivity contribution in [2.75, 3.05) is 13.2 Å². The number of esters is 1. The molecule has 8 unspecified atom stereocenters. The van der Waals surface area contributed by atoms with E-state index in [2.05, 4.69) is 135 Å². The molecule has 6 N–H and O–H groups in total. The summed E-state index contributed by atoms with van der Waals surface area (Å²) < 4.78 is 17.7. The highest BCUT2D eigenvalue weighted by Crippen LogP contribution is 2.26. The molecule has 1 saturated heterocycles. The topological polar surface area (TPSA) is 175 Å².